The molecule has 8 heteroatoms. The van der Waals surface area contributed by atoms with E-state index in [0.29, 0.717) is 18.6 Å². The van der Waals surface area contributed by atoms with Crippen LogP contribution in [0, 0.1) is 0 Å². The molecule has 1 atom stereocenters. The van der Waals surface area contributed by atoms with E-state index in [4.69, 9.17) is 0 Å². The summed E-state index contributed by atoms with van der Waals surface area (Å²) in [7, 11) is 0. The molecule has 0 saturated carbocycles. The van der Waals surface area contributed by atoms with Gasteiger partial charge < -0.3 is 4.90 Å². The van der Waals surface area contributed by atoms with Crippen LogP contribution in [0.2, 0.25) is 0 Å². The van der Waals surface area contributed by atoms with Gasteiger partial charge in [0, 0.05) is 30.7 Å². The molecule has 0 bridgehead atoms. The normalized spacial score (nSPS) is 17.5. The molecule has 0 radical (unpaired) electrons. The van der Waals surface area contributed by atoms with Crippen LogP contribution < -0.4 is 4.90 Å². The van der Waals surface area contributed by atoms with Gasteiger partial charge in [-0.25, -0.2) is 24.3 Å². The standard InChI is InChI=1S/C19H17FN6S/c20-14-2-1-8-25(11-14)16-5-3-13(10-22-16)19-24-18-15(27-19)4-6-17(23-18)26-9-7-21-12-26/h3-7,9-10,12,14H,1-2,8,11H2/t14-/m0/s1. The summed E-state index contributed by atoms with van der Waals surface area (Å²) >= 11 is 1.59. The number of thiazole rings is 1. The Labute approximate surface area is 159 Å². The Hall–Kier alpha value is -2.87. The number of alkyl halides is 1. The highest BCUT2D eigenvalue weighted by Gasteiger charge is 2.20. The molecule has 0 aromatic carbocycles. The van der Waals surface area contributed by atoms with Gasteiger partial charge in [0.1, 0.15) is 29.1 Å². The third kappa shape index (κ3) is 3.16. The van der Waals surface area contributed by atoms with Crippen LogP contribution in [-0.4, -0.2) is 43.8 Å². The van der Waals surface area contributed by atoms with Gasteiger partial charge in [-0.2, -0.15) is 0 Å². The summed E-state index contributed by atoms with van der Waals surface area (Å²) in [5.41, 5.74) is 1.65. The summed E-state index contributed by atoms with van der Waals surface area (Å²) in [5, 5.41) is 0.876. The highest BCUT2D eigenvalue weighted by atomic mass is 32.1. The SMILES string of the molecule is F[C@H]1CCCN(c2ccc(-c3nc4nc(-n5ccnc5)ccc4s3)cn2)C1. The third-order valence-corrected chi connectivity index (χ3v) is 5.75. The predicted octanol–water partition coefficient (Wildman–Crippen LogP) is 3.88. The van der Waals surface area contributed by atoms with Gasteiger partial charge in [0.15, 0.2) is 5.65 Å². The lowest BCUT2D eigenvalue weighted by Crippen LogP contribution is -2.36. The highest BCUT2D eigenvalue weighted by molar-refractivity contribution is 7.21. The summed E-state index contributed by atoms with van der Waals surface area (Å²) in [6.45, 7) is 1.28. The van der Waals surface area contributed by atoms with E-state index in [9.17, 15) is 4.39 Å². The van der Waals surface area contributed by atoms with Gasteiger partial charge in [0.2, 0.25) is 0 Å². The van der Waals surface area contributed by atoms with E-state index in [0.717, 1.165) is 39.9 Å². The number of hydrogen-bond donors (Lipinski definition) is 0. The Morgan fingerprint density at radius 1 is 1.11 bits per heavy atom. The molecule has 6 nitrogen and oxygen atoms in total. The number of rotatable bonds is 3. The first kappa shape index (κ1) is 16.3. The van der Waals surface area contributed by atoms with Gasteiger partial charge in [-0.1, -0.05) is 0 Å². The first-order chi connectivity index (χ1) is 13.3. The Kier molecular flexibility index (Phi) is 4.05. The van der Waals surface area contributed by atoms with Crippen molar-refractivity contribution in [3.8, 4) is 16.4 Å². The van der Waals surface area contributed by atoms with Gasteiger partial charge in [-0.15, -0.1) is 11.3 Å². The molecule has 4 aromatic heterocycles. The molecule has 1 aliphatic rings. The zero-order valence-electron chi connectivity index (χ0n) is 14.5. The maximum Gasteiger partial charge on any atom is 0.173 e. The second-order valence-corrected chi connectivity index (χ2v) is 7.60. The van der Waals surface area contributed by atoms with E-state index in [2.05, 4.69) is 19.9 Å². The van der Waals surface area contributed by atoms with Gasteiger partial charge in [-0.3, -0.25) is 4.57 Å². The van der Waals surface area contributed by atoms with Crippen molar-refractivity contribution in [3.63, 3.8) is 0 Å². The smallest absolute Gasteiger partial charge is 0.173 e. The zero-order valence-corrected chi connectivity index (χ0v) is 15.3. The second-order valence-electron chi connectivity index (χ2n) is 6.57. The van der Waals surface area contributed by atoms with Crippen molar-refractivity contribution in [3.05, 3.63) is 49.2 Å². The topological polar surface area (TPSA) is 59.7 Å². The lowest BCUT2D eigenvalue weighted by atomic mass is 10.1. The van der Waals surface area contributed by atoms with E-state index in [1.807, 2.05) is 46.1 Å². The van der Waals surface area contributed by atoms with Crippen molar-refractivity contribution in [2.24, 2.45) is 0 Å². The molecule has 136 valence electrons. The van der Waals surface area contributed by atoms with Crippen molar-refractivity contribution in [1.82, 2.24) is 24.5 Å². The molecule has 1 fully saturated rings. The molecule has 0 aliphatic carbocycles. The predicted molar refractivity (Wildman–Crippen MR) is 104 cm³/mol. The van der Waals surface area contributed by atoms with Crippen LogP contribution in [0.4, 0.5) is 10.2 Å². The number of aromatic nitrogens is 5. The molecule has 5 rings (SSSR count). The molecule has 1 aliphatic heterocycles. The summed E-state index contributed by atoms with van der Waals surface area (Å²) in [5.74, 6) is 1.61. The Balaban J connectivity index is 1.43. The minimum atomic E-state index is -0.764. The lowest BCUT2D eigenvalue weighted by Gasteiger charge is -2.29. The van der Waals surface area contributed by atoms with Crippen molar-refractivity contribution in [2.45, 2.75) is 19.0 Å². The molecule has 0 N–H and O–H groups in total. The number of piperidine rings is 1. The van der Waals surface area contributed by atoms with Crippen molar-refractivity contribution in [2.75, 3.05) is 18.0 Å². The van der Waals surface area contributed by atoms with Gasteiger partial charge in [0.05, 0.1) is 11.2 Å². The van der Waals surface area contributed by atoms with E-state index in [1.54, 1.807) is 23.9 Å². The molecule has 4 aromatic rings. The average molecular weight is 380 g/mol. The Morgan fingerprint density at radius 2 is 2.04 bits per heavy atom. The monoisotopic (exact) mass is 380 g/mol. The maximum absolute atomic E-state index is 13.6. The lowest BCUT2D eigenvalue weighted by molar-refractivity contribution is 0.286. The van der Waals surface area contributed by atoms with Gasteiger partial charge >= 0.3 is 0 Å². The summed E-state index contributed by atoms with van der Waals surface area (Å²) in [6.07, 6.45) is 7.85. The first-order valence-corrected chi connectivity index (χ1v) is 9.69. The van der Waals surface area contributed by atoms with Gasteiger partial charge in [0.25, 0.3) is 0 Å². The highest BCUT2D eigenvalue weighted by Crippen LogP contribution is 2.30. The number of halogens is 1. The molecule has 5 heterocycles. The minimum Gasteiger partial charge on any atom is -0.354 e. The van der Waals surface area contributed by atoms with Crippen LogP contribution in [0.5, 0.6) is 0 Å². The van der Waals surface area contributed by atoms with E-state index < -0.39 is 6.17 Å². The van der Waals surface area contributed by atoms with Crippen LogP contribution in [-0.2, 0) is 0 Å². The fourth-order valence-corrected chi connectivity index (χ4v) is 4.20. The maximum atomic E-state index is 13.6. The summed E-state index contributed by atoms with van der Waals surface area (Å²) in [4.78, 5) is 19.9. The molecular formula is C19H17FN6S. The van der Waals surface area contributed by atoms with Gasteiger partial charge in [-0.05, 0) is 37.1 Å². The van der Waals surface area contributed by atoms with Crippen LogP contribution in [0.3, 0.4) is 0 Å². The average Bonchev–Trinajstić information content (AvgIpc) is 3.37. The molecule has 0 spiro atoms. The van der Waals surface area contributed by atoms with Crippen molar-refractivity contribution >= 4 is 27.5 Å². The van der Waals surface area contributed by atoms with Crippen LogP contribution in [0.25, 0.3) is 26.7 Å². The third-order valence-electron chi connectivity index (χ3n) is 4.69. The molecule has 0 unspecified atom stereocenters. The van der Waals surface area contributed by atoms with E-state index >= 15 is 0 Å². The molecule has 0 amide bonds. The largest absolute Gasteiger partial charge is 0.354 e. The molecule has 27 heavy (non-hydrogen) atoms. The number of nitrogens with zero attached hydrogens (tertiary/aromatic N) is 6. The number of pyridine rings is 2. The number of imidazole rings is 1. The minimum absolute atomic E-state index is 0.425. The Bertz CT molecular complexity index is 1060. The fourth-order valence-electron chi connectivity index (χ4n) is 3.30. The van der Waals surface area contributed by atoms with Crippen molar-refractivity contribution < 1.29 is 4.39 Å². The number of anilines is 1. The number of hydrogen-bond acceptors (Lipinski definition) is 6. The van der Waals surface area contributed by atoms with Crippen molar-refractivity contribution in [1.29, 1.82) is 0 Å². The fraction of sp³-hybridized carbons (Fsp3) is 0.263. The summed E-state index contributed by atoms with van der Waals surface area (Å²) < 4.78 is 16.5. The second kappa shape index (κ2) is 6.70. The quantitative estimate of drug-likeness (QED) is 0.540. The van der Waals surface area contributed by atoms with Crippen LogP contribution in [0.15, 0.2) is 49.2 Å². The van der Waals surface area contributed by atoms with Crippen LogP contribution in [0.1, 0.15) is 12.8 Å². The molecular weight excluding hydrogens is 363 g/mol. The Morgan fingerprint density at radius 3 is 2.81 bits per heavy atom. The van der Waals surface area contributed by atoms with E-state index in [-0.39, 0.29) is 0 Å². The first-order valence-electron chi connectivity index (χ1n) is 8.88. The van der Waals surface area contributed by atoms with E-state index in [1.165, 1.54) is 0 Å². The number of fused-ring (bicyclic) bond motifs is 1. The zero-order chi connectivity index (χ0) is 18.2. The van der Waals surface area contributed by atoms with Crippen LogP contribution >= 0.6 is 11.3 Å². The summed E-state index contributed by atoms with van der Waals surface area (Å²) in [6, 6.07) is 7.93. The molecule has 1 saturated heterocycles.